The van der Waals surface area contributed by atoms with Gasteiger partial charge in [0, 0.05) is 6.42 Å². The first-order valence-corrected chi connectivity index (χ1v) is 5.77. The molecule has 1 aromatic carbocycles. The summed E-state index contributed by atoms with van der Waals surface area (Å²) in [6, 6.07) is 8.81. The Morgan fingerprint density at radius 3 is 2.82 bits per heavy atom. The van der Waals surface area contributed by atoms with Gasteiger partial charge in [0.15, 0.2) is 0 Å². The van der Waals surface area contributed by atoms with E-state index in [4.69, 9.17) is 4.74 Å². The Morgan fingerprint density at radius 1 is 1.35 bits per heavy atom. The summed E-state index contributed by atoms with van der Waals surface area (Å²) in [5.74, 6) is -0.303. The molecule has 1 heterocycles. The van der Waals surface area contributed by atoms with Crippen LogP contribution in [0, 0.1) is 0 Å². The van der Waals surface area contributed by atoms with Crippen LogP contribution in [0.4, 0.5) is 0 Å². The van der Waals surface area contributed by atoms with E-state index < -0.39 is 0 Å². The minimum Gasteiger partial charge on any atom is -0.460 e. The lowest BCUT2D eigenvalue weighted by Gasteiger charge is -2.22. The van der Waals surface area contributed by atoms with Crippen molar-refractivity contribution in [3.8, 4) is 0 Å². The molecule has 1 aliphatic heterocycles. The number of nitrogens with one attached hydrogen (secondary N) is 1. The van der Waals surface area contributed by atoms with Gasteiger partial charge in [-0.3, -0.25) is 4.79 Å². The lowest BCUT2D eigenvalue weighted by molar-refractivity contribution is -0.123. The van der Waals surface area contributed by atoms with E-state index in [-0.39, 0.29) is 24.5 Å². The normalized spacial score (nSPS) is 19.5. The first-order chi connectivity index (χ1) is 8.25. The Bertz CT molecular complexity index is 402. The maximum absolute atomic E-state index is 11.6. The highest BCUT2D eigenvalue weighted by molar-refractivity contribution is 5.89. The van der Waals surface area contributed by atoms with Crippen LogP contribution in [0.5, 0.6) is 0 Å². The minimum absolute atomic E-state index is 0.0380. The molecule has 1 aromatic rings. The van der Waals surface area contributed by atoms with Crippen molar-refractivity contribution < 1.29 is 14.3 Å². The van der Waals surface area contributed by atoms with Gasteiger partial charge >= 0.3 is 5.97 Å². The molecular weight excluding hydrogens is 218 g/mol. The molecule has 90 valence electrons. The molecule has 1 atom stereocenters. The number of ether oxygens (including phenoxy) is 1. The van der Waals surface area contributed by atoms with Gasteiger partial charge in [0.05, 0.1) is 11.6 Å². The molecule has 17 heavy (non-hydrogen) atoms. The fourth-order valence-electron chi connectivity index (χ4n) is 1.84. The van der Waals surface area contributed by atoms with Crippen LogP contribution < -0.4 is 5.32 Å². The van der Waals surface area contributed by atoms with Crippen molar-refractivity contribution >= 4 is 11.9 Å². The van der Waals surface area contributed by atoms with Gasteiger partial charge in [-0.1, -0.05) is 18.2 Å². The number of esters is 1. The zero-order valence-corrected chi connectivity index (χ0v) is 9.52. The van der Waals surface area contributed by atoms with Gasteiger partial charge in [-0.05, 0) is 25.0 Å². The minimum atomic E-state index is -0.342. The average molecular weight is 233 g/mol. The van der Waals surface area contributed by atoms with E-state index in [1.54, 1.807) is 24.3 Å². The second-order valence-electron chi connectivity index (χ2n) is 4.12. The summed E-state index contributed by atoms with van der Waals surface area (Å²) >= 11 is 0. The number of carbonyl (C=O) groups is 2. The molecule has 0 aromatic heterocycles. The lowest BCUT2D eigenvalue weighted by Crippen LogP contribution is -2.42. The van der Waals surface area contributed by atoms with Gasteiger partial charge < -0.3 is 10.1 Å². The smallest absolute Gasteiger partial charge is 0.338 e. The number of hydrogen-bond donors (Lipinski definition) is 1. The maximum Gasteiger partial charge on any atom is 0.338 e. The summed E-state index contributed by atoms with van der Waals surface area (Å²) in [5.41, 5.74) is 0.537. The highest BCUT2D eigenvalue weighted by Crippen LogP contribution is 2.09. The predicted octanol–water partition coefficient (Wildman–Crippen LogP) is 1.51. The van der Waals surface area contributed by atoms with Crippen molar-refractivity contribution in [1.82, 2.24) is 5.32 Å². The van der Waals surface area contributed by atoms with Crippen molar-refractivity contribution in [1.29, 1.82) is 0 Å². The number of amides is 1. The topological polar surface area (TPSA) is 55.4 Å². The molecule has 0 bridgehead atoms. The molecule has 1 saturated heterocycles. The molecule has 0 unspecified atom stereocenters. The van der Waals surface area contributed by atoms with Crippen molar-refractivity contribution in [2.75, 3.05) is 6.61 Å². The molecule has 1 aliphatic rings. The summed E-state index contributed by atoms with van der Waals surface area (Å²) in [7, 11) is 0. The van der Waals surface area contributed by atoms with Crippen LogP contribution in [0.25, 0.3) is 0 Å². The fraction of sp³-hybridized carbons (Fsp3) is 0.385. The molecule has 4 nitrogen and oxygen atoms in total. The number of hydrogen-bond acceptors (Lipinski definition) is 3. The summed E-state index contributed by atoms with van der Waals surface area (Å²) in [4.78, 5) is 22.8. The average Bonchev–Trinajstić information content (AvgIpc) is 2.37. The van der Waals surface area contributed by atoms with Crippen LogP contribution in [0.15, 0.2) is 30.3 Å². The zero-order valence-electron chi connectivity index (χ0n) is 9.52. The molecule has 2 rings (SSSR count). The van der Waals surface area contributed by atoms with Gasteiger partial charge in [0.2, 0.25) is 5.91 Å². The highest BCUT2D eigenvalue weighted by atomic mass is 16.5. The Kier molecular flexibility index (Phi) is 3.75. The van der Waals surface area contributed by atoms with E-state index in [0.29, 0.717) is 12.0 Å². The van der Waals surface area contributed by atoms with Crippen LogP contribution in [0.2, 0.25) is 0 Å². The Morgan fingerprint density at radius 2 is 2.12 bits per heavy atom. The third kappa shape index (κ3) is 3.31. The van der Waals surface area contributed by atoms with Crippen LogP contribution in [-0.2, 0) is 9.53 Å². The molecular formula is C13H15NO3. The second kappa shape index (κ2) is 5.48. The summed E-state index contributed by atoms with van der Waals surface area (Å²) in [6.07, 6.45) is 2.30. The van der Waals surface area contributed by atoms with Crippen LogP contribution in [0.3, 0.4) is 0 Å². The maximum atomic E-state index is 11.6. The van der Waals surface area contributed by atoms with Crippen molar-refractivity contribution in [3.05, 3.63) is 35.9 Å². The largest absolute Gasteiger partial charge is 0.460 e. The fourth-order valence-corrected chi connectivity index (χ4v) is 1.84. The third-order valence-electron chi connectivity index (χ3n) is 2.75. The van der Waals surface area contributed by atoms with Crippen molar-refractivity contribution in [2.24, 2.45) is 0 Å². The SMILES string of the molecule is O=C1CCC[C@@H](COC(=O)c2ccccc2)N1. The molecule has 0 saturated carbocycles. The van der Waals surface area contributed by atoms with E-state index >= 15 is 0 Å². The summed E-state index contributed by atoms with van der Waals surface area (Å²) in [5, 5.41) is 2.81. The third-order valence-corrected chi connectivity index (χ3v) is 2.75. The Labute approximate surface area is 100.0 Å². The van der Waals surface area contributed by atoms with E-state index in [0.717, 1.165) is 12.8 Å². The van der Waals surface area contributed by atoms with Crippen molar-refractivity contribution in [3.63, 3.8) is 0 Å². The standard InChI is InChI=1S/C13H15NO3/c15-12-8-4-7-11(14-12)9-17-13(16)10-5-2-1-3-6-10/h1-3,5-6,11H,4,7-9H2,(H,14,15)/t11-/m0/s1. The van der Waals surface area contributed by atoms with Gasteiger partial charge in [0.25, 0.3) is 0 Å². The number of benzene rings is 1. The van der Waals surface area contributed by atoms with E-state index in [1.165, 1.54) is 0 Å². The molecule has 1 N–H and O–H groups in total. The molecule has 1 amide bonds. The summed E-state index contributed by atoms with van der Waals surface area (Å²) in [6.45, 7) is 0.249. The zero-order chi connectivity index (χ0) is 12.1. The Balaban J connectivity index is 1.82. The number of piperidine rings is 1. The van der Waals surface area contributed by atoms with Crippen LogP contribution in [-0.4, -0.2) is 24.5 Å². The van der Waals surface area contributed by atoms with Gasteiger partial charge in [-0.15, -0.1) is 0 Å². The van der Waals surface area contributed by atoms with E-state index in [9.17, 15) is 9.59 Å². The first-order valence-electron chi connectivity index (χ1n) is 5.77. The van der Waals surface area contributed by atoms with Gasteiger partial charge in [0.1, 0.15) is 6.61 Å². The molecule has 4 heteroatoms. The van der Waals surface area contributed by atoms with Crippen molar-refractivity contribution in [2.45, 2.75) is 25.3 Å². The number of carbonyl (C=O) groups excluding carboxylic acids is 2. The molecule has 0 aliphatic carbocycles. The Hall–Kier alpha value is -1.84. The monoisotopic (exact) mass is 233 g/mol. The van der Waals surface area contributed by atoms with Gasteiger partial charge in [-0.2, -0.15) is 0 Å². The lowest BCUT2D eigenvalue weighted by atomic mass is 10.1. The van der Waals surface area contributed by atoms with Crippen LogP contribution >= 0.6 is 0 Å². The summed E-state index contributed by atoms with van der Waals surface area (Å²) < 4.78 is 5.16. The molecule has 0 spiro atoms. The molecule has 0 radical (unpaired) electrons. The quantitative estimate of drug-likeness (QED) is 0.805. The van der Waals surface area contributed by atoms with Gasteiger partial charge in [-0.25, -0.2) is 4.79 Å². The van der Waals surface area contributed by atoms with E-state index in [1.807, 2.05) is 6.07 Å². The number of rotatable bonds is 3. The predicted molar refractivity (Wildman–Crippen MR) is 62.5 cm³/mol. The van der Waals surface area contributed by atoms with Crippen LogP contribution in [0.1, 0.15) is 29.6 Å². The molecule has 1 fully saturated rings. The van der Waals surface area contributed by atoms with E-state index in [2.05, 4.69) is 5.32 Å². The first kappa shape index (κ1) is 11.6. The second-order valence-corrected chi connectivity index (χ2v) is 4.12. The highest BCUT2D eigenvalue weighted by Gasteiger charge is 2.19.